The van der Waals surface area contributed by atoms with Gasteiger partial charge in [-0.15, -0.1) is 0 Å². The molecule has 1 N–H and O–H groups in total. The molecule has 0 aliphatic carbocycles. The summed E-state index contributed by atoms with van der Waals surface area (Å²) < 4.78 is 1.96. The number of aromatic nitrogens is 3. The zero-order valence-corrected chi connectivity index (χ0v) is 14.5. The first kappa shape index (κ1) is 16.0. The quantitative estimate of drug-likeness (QED) is 0.919. The first-order chi connectivity index (χ1) is 9.86. The molecule has 2 rings (SSSR count). The normalized spacial score (nSPS) is 11.4. The molecule has 2 aromatic heterocycles. The molecule has 2 aromatic rings. The van der Waals surface area contributed by atoms with Crippen LogP contribution in [0.5, 0.6) is 0 Å². The molecule has 2 heterocycles. The highest BCUT2D eigenvalue weighted by Crippen LogP contribution is 2.31. The van der Waals surface area contributed by atoms with Crippen molar-refractivity contribution in [3.05, 3.63) is 34.6 Å². The minimum absolute atomic E-state index is 0.460. The average molecular weight is 304 g/mol. The Kier molecular flexibility index (Phi) is 5.06. The summed E-state index contributed by atoms with van der Waals surface area (Å²) in [4.78, 5) is 4.62. The molecule has 0 unspecified atom stereocenters. The predicted molar refractivity (Wildman–Crippen MR) is 87.8 cm³/mol. The summed E-state index contributed by atoms with van der Waals surface area (Å²) in [6.07, 6.45) is 0. The van der Waals surface area contributed by atoms with Gasteiger partial charge >= 0.3 is 0 Å². The summed E-state index contributed by atoms with van der Waals surface area (Å²) in [5, 5.41) is 10.2. The van der Waals surface area contributed by atoms with Crippen molar-refractivity contribution in [2.24, 2.45) is 7.05 Å². The topological polar surface area (TPSA) is 42.7 Å². The average Bonchev–Trinajstić information content (AvgIpc) is 2.60. The highest BCUT2D eigenvalue weighted by Gasteiger charge is 2.15. The van der Waals surface area contributed by atoms with Crippen molar-refractivity contribution < 1.29 is 0 Å². The highest BCUT2D eigenvalue weighted by atomic mass is 32.2. The molecular formula is C16H24N4S. The number of pyridine rings is 1. The molecule has 0 spiro atoms. The van der Waals surface area contributed by atoms with Crippen molar-refractivity contribution in [3.63, 3.8) is 0 Å². The fraction of sp³-hybridized carbons (Fsp3) is 0.500. The summed E-state index contributed by atoms with van der Waals surface area (Å²) in [7, 11) is 2.00. The summed E-state index contributed by atoms with van der Waals surface area (Å²) in [6.45, 7) is 11.4. The van der Waals surface area contributed by atoms with Gasteiger partial charge in [-0.3, -0.25) is 4.68 Å². The van der Waals surface area contributed by atoms with Gasteiger partial charge in [-0.25, -0.2) is 4.98 Å². The lowest BCUT2D eigenvalue weighted by Crippen LogP contribution is -2.22. The van der Waals surface area contributed by atoms with Crippen LogP contribution in [0.3, 0.4) is 0 Å². The van der Waals surface area contributed by atoms with Crippen LogP contribution in [0.4, 0.5) is 0 Å². The Hall–Kier alpha value is -1.33. The molecule has 4 nitrogen and oxygen atoms in total. The van der Waals surface area contributed by atoms with Gasteiger partial charge in [-0.2, -0.15) is 5.10 Å². The van der Waals surface area contributed by atoms with Crippen molar-refractivity contribution in [1.82, 2.24) is 20.1 Å². The zero-order chi connectivity index (χ0) is 15.6. The molecule has 0 aliphatic rings. The Labute approximate surface area is 131 Å². The largest absolute Gasteiger partial charge is 0.310 e. The van der Waals surface area contributed by atoms with Gasteiger partial charge in [0.2, 0.25) is 0 Å². The van der Waals surface area contributed by atoms with Gasteiger partial charge in [0.05, 0.1) is 5.69 Å². The molecule has 0 atom stereocenters. The van der Waals surface area contributed by atoms with E-state index < -0.39 is 0 Å². The van der Waals surface area contributed by atoms with E-state index in [4.69, 9.17) is 0 Å². The van der Waals surface area contributed by atoms with E-state index in [-0.39, 0.29) is 0 Å². The highest BCUT2D eigenvalue weighted by molar-refractivity contribution is 7.99. The van der Waals surface area contributed by atoms with E-state index in [0.29, 0.717) is 6.04 Å². The minimum atomic E-state index is 0.460. The fourth-order valence-electron chi connectivity index (χ4n) is 2.27. The first-order valence-corrected chi connectivity index (χ1v) is 8.07. The predicted octanol–water partition coefficient (Wildman–Crippen LogP) is 3.39. The number of nitrogens with zero attached hydrogens (tertiary/aromatic N) is 3. The Balaban J connectivity index is 2.30. The van der Waals surface area contributed by atoms with Crippen molar-refractivity contribution >= 4 is 11.8 Å². The van der Waals surface area contributed by atoms with E-state index in [1.165, 1.54) is 11.1 Å². The standard InChI is InChI=1S/C16H24N4S/c1-10(2)17-9-14-13(5)19-20(6)16(14)21-15-8-11(3)7-12(4)18-15/h7-8,10,17H,9H2,1-6H3. The molecule has 0 saturated carbocycles. The maximum absolute atomic E-state index is 4.62. The summed E-state index contributed by atoms with van der Waals surface area (Å²) in [5.74, 6) is 0. The zero-order valence-electron chi connectivity index (χ0n) is 13.7. The lowest BCUT2D eigenvalue weighted by Gasteiger charge is -2.10. The van der Waals surface area contributed by atoms with Crippen molar-refractivity contribution in [3.8, 4) is 0 Å². The molecule has 114 valence electrons. The third-order valence-corrected chi connectivity index (χ3v) is 4.37. The second-order valence-electron chi connectivity index (χ2n) is 5.75. The molecule has 0 bridgehead atoms. The van der Waals surface area contributed by atoms with Gasteiger partial charge in [0.15, 0.2) is 0 Å². The van der Waals surface area contributed by atoms with Crippen LogP contribution < -0.4 is 5.32 Å². The molecule has 21 heavy (non-hydrogen) atoms. The SMILES string of the molecule is Cc1cc(C)nc(Sc2c(CNC(C)C)c(C)nn2C)c1. The molecule has 0 saturated heterocycles. The Morgan fingerprint density at radius 2 is 1.95 bits per heavy atom. The number of hydrogen-bond donors (Lipinski definition) is 1. The van der Waals surface area contributed by atoms with Gasteiger partial charge in [-0.1, -0.05) is 25.6 Å². The van der Waals surface area contributed by atoms with E-state index in [1.54, 1.807) is 11.8 Å². The minimum Gasteiger partial charge on any atom is -0.310 e. The van der Waals surface area contributed by atoms with Gasteiger partial charge in [0.1, 0.15) is 10.1 Å². The molecule has 5 heteroatoms. The molecule has 0 fully saturated rings. The smallest absolute Gasteiger partial charge is 0.105 e. The van der Waals surface area contributed by atoms with Crippen LogP contribution in [0.15, 0.2) is 22.2 Å². The lowest BCUT2D eigenvalue weighted by atomic mass is 10.2. The Morgan fingerprint density at radius 3 is 2.57 bits per heavy atom. The number of rotatable bonds is 5. The van der Waals surface area contributed by atoms with Gasteiger partial charge in [0, 0.05) is 30.9 Å². The summed E-state index contributed by atoms with van der Waals surface area (Å²) >= 11 is 1.69. The van der Waals surface area contributed by atoms with Crippen LogP contribution in [0.1, 0.15) is 36.4 Å². The van der Waals surface area contributed by atoms with Crippen LogP contribution in [0, 0.1) is 20.8 Å². The van der Waals surface area contributed by atoms with Gasteiger partial charge in [-0.05, 0) is 38.5 Å². The van der Waals surface area contributed by atoms with E-state index >= 15 is 0 Å². The monoisotopic (exact) mass is 304 g/mol. The van der Waals surface area contributed by atoms with E-state index in [1.807, 2.05) is 18.7 Å². The van der Waals surface area contributed by atoms with E-state index in [2.05, 4.69) is 55.2 Å². The molecule has 0 aliphatic heterocycles. The van der Waals surface area contributed by atoms with Crippen molar-refractivity contribution in [1.29, 1.82) is 0 Å². The second kappa shape index (κ2) is 6.62. The third-order valence-electron chi connectivity index (χ3n) is 3.25. The number of nitrogens with one attached hydrogen (secondary N) is 1. The Bertz CT molecular complexity index is 611. The van der Waals surface area contributed by atoms with Crippen molar-refractivity contribution in [2.75, 3.05) is 0 Å². The molecular weight excluding hydrogens is 280 g/mol. The third kappa shape index (κ3) is 4.08. The maximum Gasteiger partial charge on any atom is 0.105 e. The molecule has 0 radical (unpaired) electrons. The maximum atomic E-state index is 4.62. The van der Waals surface area contributed by atoms with Crippen LogP contribution >= 0.6 is 11.8 Å². The summed E-state index contributed by atoms with van der Waals surface area (Å²) in [5.41, 5.74) is 4.64. The fourth-order valence-corrected chi connectivity index (χ4v) is 3.42. The summed E-state index contributed by atoms with van der Waals surface area (Å²) in [6, 6.07) is 4.68. The number of hydrogen-bond acceptors (Lipinski definition) is 4. The van der Waals surface area contributed by atoms with Gasteiger partial charge in [0.25, 0.3) is 0 Å². The lowest BCUT2D eigenvalue weighted by molar-refractivity contribution is 0.580. The van der Waals surface area contributed by atoms with Crippen LogP contribution in [0.2, 0.25) is 0 Å². The molecule has 0 amide bonds. The van der Waals surface area contributed by atoms with E-state index in [9.17, 15) is 0 Å². The van der Waals surface area contributed by atoms with Crippen LogP contribution in [-0.4, -0.2) is 20.8 Å². The van der Waals surface area contributed by atoms with Crippen LogP contribution in [-0.2, 0) is 13.6 Å². The van der Waals surface area contributed by atoms with E-state index in [0.717, 1.165) is 28.0 Å². The van der Waals surface area contributed by atoms with Crippen LogP contribution in [0.25, 0.3) is 0 Å². The number of aryl methyl sites for hydroxylation is 4. The second-order valence-corrected chi connectivity index (χ2v) is 6.76. The van der Waals surface area contributed by atoms with Crippen molar-refractivity contribution in [2.45, 2.75) is 57.3 Å². The first-order valence-electron chi connectivity index (χ1n) is 7.26. The van der Waals surface area contributed by atoms with Gasteiger partial charge < -0.3 is 5.32 Å². The Morgan fingerprint density at radius 1 is 1.24 bits per heavy atom. The molecule has 0 aromatic carbocycles.